The Labute approximate surface area is 613 Å². The van der Waals surface area contributed by atoms with Crippen molar-refractivity contribution in [2.24, 2.45) is 17.8 Å². The molecule has 0 aromatic heterocycles. The average molecular weight is 1470 g/mol. The quantitative estimate of drug-likeness (QED) is 0.0222. The van der Waals surface area contributed by atoms with Crippen LogP contribution in [0.2, 0.25) is 0 Å². The average Bonchev–Trinajstić information content (AvgIpc) is 0.956. The minimum absolute atomic E-state index is 0.106. The number of unbranched alkanes of at least 4 members (excludes halogenated alkanes) is 46. The van der Waals surface area contributed by atoms with Gasteiger partial charge in [0, 0.05) is 25.7 Å². The summed E-state index contributed by atoms with van der Waals surface area (Å²) < 4.78 is 68.7. The van der Waals surface area contributed by atoms with Crippen LogP contribution in [0.4, 0.5) is 0 Å². The molecule has 3 unspecified atom stereocenters. The normalized spacial score (nSPS) is 14.2. The Morgan fingerprint density at radius 3 is 0.760 bits per heavy atom. The molecular weight excluding hydrogens is 1310 g/mol. The number of carbonyl (C=O) groups excluding carboxylic acids is 4. The maximum atomic E-state index is 13.1. The molecule has 594 valence electrons. The zero-order valence-corrected chi connectivity index (χ0v) is 67.5. The highest BCUT2D eigenvalue weighted by atomic mass is 31.2. The highest BCUT2D eigenvalue weighted by Gasteiger charge is 2.30. The monoisotopic (exact) mass is 1470 g/mol. The van der Waals surface area contributed by atoms with Gasteiger partial charge >= 0.3 is 39.5 Å². The van der Waals surface area contributed by atoms with E-state index >= 15 is 0 Å². The number of aliphatic hydroxyl groups excluding tert-OH is 1. The molecule has 0 amide bonds. The molecule has 17 nitrogen and oxygen atoms in total. The number of phosphoric acid groups is 2. The molecule has 0 heterocycles. The second-order valence-electron chi connectivity index (χ2n) is 30.4. The van der Waals surface area contributed by atoms with Gasteiger partial charge in [-0.2, -0.15) is 0 Å². The highest BCUT2D eigenvalue weighted by Crippen LogP contribution is 2.45. The van der Waals surface area contributed by atoms with E-state index in [-0.39, 0.29) is 25.7 Å². The van der Waals surface area contributed by atoms with Gasteiger partial charge in [0.25, 0.3) is 0 Å². The number of carbonyl (C=O) groups is 4. The molecular formula is C81H158O17P2. The van der Waals surface area contributed by atoms with E-state index < -0.39 is 97.5 Å². The number of esters is 4. The molecule has 0 saturated carbocycles. The maximum Gasteiger partial charge on any atom is 0.472 e. The Morgan fingerprint density at radius 1 is 0.290 bits per heavy atom. The van der Waals surface area contributed by atoms with Crippen LogP contribution in [0.3, 0.4) is 0 Å². The van der Waals surface area contributed by atoms with E-state index in [4.69, 9.17) is 37.0 Å². The lowest BCUT2D eigenvalue weighted by atomic mass is 9.99. The lowest BCUT2D eigenvalue weighted by molar-refractivity contribution is -0.161. The van der Waals surface area contributed by atoms with Gasteiger partial charge in [-0.1, -0.05) is 370 Å². The topological polar surface area (TPSA) is 237 Å². The molecule has 0 spiro atoms. The molecule has 0 bridgehead atoms. The van der Waals surface area contributed by atoms with Crippen LogP contribution in [-0.4, -0.2) is 96.7 Å². The molecule has 100 heavy (non-hydrogen) atoms. The van der Waals surface area contributed by atoms with Crippen molar-refractivity contribution in [3.63, 3.8) is 0 Å². The summed E-state index contributed by atoms with van der Waals surface area (Å²) >= 11 is 0. The largest absolute Gasteiger partial charge is 0.472 e. The number of aliphatic hydroxyl groups is 1. The van der Waals surface area contributed by atoms with E-state index in [0.717, 1.165) is 108 Å². The van der Waals surface area contributed by atoms with Gasteiger partial charge in [0.2, 0.25) is 0 Å². The smallest absolute Gasteiger partial charge is 0.462 e. The minimum atomic E-state index is -4.96. The Kier molecular flexibility index (Phi) is 69.9. The van der Waals surface area contributed by atoms with Crippen molar-refractivity contribution in [1.29, 1.82) is 0 Å². The third-order valence-corrected chi connectivity index (χ3v) is 21.1. The second kappa shape index (κ2) is 71.3. The molecule has 0 aliphatic heterocycles. The third kappa shape index (κ3) is 73.0. The van der Waals surface area contributed by atoms with Gasteiger partial charge in [-0.25, -0.2) is 9.13 Å². The minimum Gasteiger partial charge on any atom is -0.462 e. The van der Waals surface area contributed by atoms with Gasteiger partial charge in [-0.3, -0.25) is 37.3 Å². The fourth-order valence-electron chi connectivity index (χ4n) is 12.5. The first-order valence-corrected chi connectivity index (χ1v) is 44.9. The fourth-order valence-corrected chi connectivity index (χ4v) is 14.0. The summed E-state index contributed by atoms with van der Waals surface area (Å²) in [7, 11) is -9.92. The van der Waals surface area contributed by atoms with Gasteiger partial charge in [0.15, 0.2) is 12.2 Å². The molecule has 0 fully saturated rings. The molecule has 0 saturated heterocycles. The van der Waals surface area contributed by atoms with E-state index in [0.29, 0.717) is 31.6 Å². The van der Waals surface area contributed by atoms with Crippen molar-refractivity contribution in [1.82, 2.24) is 0 Å². The third-order valence-electron chi connectivity index (χ3n) is 19.2. The van der Waals surface area contributed by atoms with Crippen molar-refractivity contribution in [3.8, 4) is 0 Å². The zero-order valence-electron chi connectivity index (χ0n) is 65.7. The summed E-state index contributed by atoms with van der Waals surface area (Å²) in [6, 6.07) is 0. The van der Waals surface area contributed by atoms with Crippen LogP contribution in [0.5, 0.6) is 0 Å². The van der Waals surface area contributed by atoms with Gasteiger partial charge in [-0.15, -0.1) is 0 Å². The molecule has 19 heteroatoms. The van der Waals surface area contributed by atoms with Crippen LogP contribution in [0.25, 0.3) is 0 Å². The summed E-state index contributed by atoms with van der Waals surface area (Å²) in [5, 5.41) is 10.6. The lowest BCUT2D eigenvalue weighted by Gasteiger charge is -2.21. The first-order chi connectivity index (χ1) is 48.3. The Balaban J connectivity index is 5.24. The summed E-state index contributed by atoms with van der Waals surface area (Å²) in [5.41, 5.74) is 0. The molecule has 0 aliphatic rings. The summed E-state index contributed by atoms with van der Waals surface area (Å²) in [6.07, 6.45) is 59.7. The Hall–Kier alpha value is -1.94. The molecule has 0 aromatic carbocycles. The summed E-state index contributed by atoms with van der Waals surface area (Å²) in [4.78, 5) is 73.0. The fraction of sp³-hybridized carbons (Fsp3) is 0.951. The maximum absolute atomic E-state index is 13.1. The first kappa shape index (κ1) is 98.1. The van der Waals surface area contributed by atoms with Crippen LogP contribution in [0.15, 0.2) is 0 Å². The van der Waals surface area contributed by atoms with Crippen LogP contribution < -0.4 is 0 Å². The first-order valence-electron chi connectivity index (χ1n) is 41.9. The van der Waals surface area contributed by atoms with E-state index in [2.05, 4.69) is 48.5 Å². The van der Waals surface area contributed by atoms with Crippen LogP contribution in [0.1, 0.15) is 421 Å². The number of ether oxygens (including phenoxy) is 4. The molecule has 0 aromatic rings. The Bertz CT molecular complexity index is 1940. The van der Waals surface area contributed by atoms with Gasteiger partial charge < -0.3 is 33.8 Å². The van der Waals surface area contributed by atoms with E-state index in [1.807, 2.05) is 0 Å². The molecule has 3 N–H and O–H groups in total. The van der Waals surface area contributed by atoms with Crippen LogP contribution in [-0.2, 0) is 65.4 Å². The Morgan fingerprint density at radius 2 is 0.510 bits per heavy atom. The van der Waals surface area contributed by atoms with E-state index in [1.165, 1.54) is 225 Å². The van der Waals surface area contributed by atoms with Crippen molar-refractivity contribution in [2.45, 2.75) is 439 Å². The molecule has 0 rings (SSSR count). The van der Waals surface area contributed by atoms with E-state index in [1.54, 1.807) is 0 Å². The molecule has 0 radical (unpaired) electrons. The van der Waals surface area contributed by atoms with Crippen molar-refractivity contribution < 1.29 is 80.2 Å². The van der Waals surface area contributed by atoms with Crippen LogP contribution in [0, 0.1) is 17.8 Å². The standard InChI is InChI=1S/C81H158O17P2/c1-8-10-11-12-13-14-15-16-17-18-19-20-24-29-34-41-48-55-62-78(83)91-68-76(97-80(85)64-57-50-42-35-30-25-22-21-23-28-33-40-47-54-61-74(7)9-2)70-95-99(87,88)93-66-75(82)67-94-100(89,90)96-71-77(69-92-79(84)63-56-49-44-37-39-46-53-60-73(5)6)98-81(86)65-58-51-43-36-31-26-27-32-38-45-52-59-72(3)4/h72-77,82H,8-71H2,1-7H3,(H,87,88)(H,89,90)/t74?,75-,76-,77-/m1/s1. The molecule has 0 aliphatic carbocycles. The molecule has 6 atom stereocenters. The predicted molar refractivity (Wildman–Crippen MR) is 409 cm³/mol. The van der Waals surface area contributed by atoms with Gasteiger partial charge in [-0.05, 0) is 43.4 Å². The van der Waals surface area contributed by atoms with Crippen molar-refractivity contribution >= 4 is 39.5 Å². The van der Waals surface area contributed by atoms with E-state index in [9.17, 15) is 43.2 Å². The number of phosphoric ester groups is 2. The van der Waals surface area contributed by atoms with Crippen LogP contribution >= 0.6 is 15.6 Å². The highest BCUT2D eigenvalue weighted by molar-refractivity contribution is 7.47. The zero-order chi connectivity index (χ0) is 73.7. The number of rotatable bonds is 79. The lowest BCUT2D eigenvalue weighted by Crippen LogP contribution is -2.30. The SMILES string of the molecule is CCCCCCCCCCCCCCCCCCCCC(=O)OC[C@H](COP(=O)(O)OC[C@@H](O)COP(=O)(O)OC[C@@H](COC(=O)CCCCCCCCCC(C)C)OC(=O)CCCCCCCCCCCCCC(C)C)OC(=O)CCCCCCCCCCCCCCCCC(C)CC. The number of hydrogen-bond acceptors (Lipinski definition) is 15. The van der Waals surface area contributed by atoms with Crippen molar-refractivity contribution in [3.05, 3.63) is 0 Å². The number of hydrogen-bond donors (Lipinski definition) is 3. The summed E-state index contributed by atoms with van der Waals surface area (Å²) in [6.45, 7) is 11.9. The van der Waals surface area contributed by atoms with Gasteiger partial charge in [0.1, 0.15) is 19.3 Å². The summed E-state index contributed by atoms with van der Waals surface area (Å²) in [5.74, 6) is 0.204. The van der Waals surface area contributed by atoms with Crippen molar-refractivity contribution in [2.75, 3.05) is 39.6 Å². The van der Waals surface area contributed by atoms with Gasteiger partial charge in [0.05, 0.1) is 26.4 Å². The predicted octanol–water partition coefficient (Wildman–Crippen LogP) is 24.1. The second-order valence-corrected chi connectivity index (χ2v) is 33.3.